The fraction of sp³-hybridized carbons (Fsp3) is 0.500. The molecule has 1 aliphatic carbocycles. The number of hydrogen-bond donors (Lipinski definition) is 0. The summed E-state index contributed by atoms with van der Waals surface area (Å²) in [5.74, 6) is -0.112. The lowest BCUT2D eigenvalue weighted by atomic mass is 10.1. The van der Waals surface area contributed by atoms with Gasteiger partial charge >= 0.3 is 0 Å². The van der Waals surface area contributed by atoms with Crippen molar-refractivity contribution in [2.24, 2.45) is 5.92 Å². The molecule has 0 heterocycles. The highest BCUT2D eigenvalue weighted by Gasteiger charge is 2.21. The van der Waals surface area contributed by atoms with Crippen molar-refractivity contribution in [1.82, 2.24) is 0 Å². The van der Waals surface area contributed by atoms with Crippen LogP contribution in [0, 0.1) is 11.7 Å². The zero-order valence-electron chi connectivity index (χ0n) is 10.0. The first-order valence-electron chi connectivity index (χ1n) is 5.94. The van der Waals surface area contributed by atoms with Crippen molar-refractivity contribution in [1.29, 1.82) is 0 Å². The molecule has 1 aromatic carbocycles. The highest BCUT2D eigenvalue weighted by molar-refractivity contribution is 9.10. The molecule has 0 bridgehead atoms. The second-order valence-electron chi connectivity index (χ2n) is 4.61. The van der Waals surface area contributed by atoms with Gasteiger partial charge in [-0.15, -0.1) is 0 Å². The van der Waals surface area contributed by atoms with Gasteiger partial charge in [0.05, 0.1) is 11.1 Å². The van der Waals surface area contributed by atoms with E-state index in [-0.39, 0.29) is 0 Å². The molecule has 0 aromatic heterocycles. The molecule has 0 aliphatic heterocycles. The van der Waals surface area contributed by atoms with Gasteiger partial charge in [0, 0.05) is 16.7 Å². The van der Waals surface area contributed by atoms with E-state index >= 15 is 0 Å². The third kappa shape index (κ3) is 3.83. The molecular weight excluding hydrogens is 359 g/mol. The topological polar surface area (TPSA) is 43.4 Å². The highest BCUT2D eigenvalue weighted by atomic mass is 79.9. The smallest absolute Gasteiger partial charge is 0.264 e. The molecule has 0 unspecified atom stereocenters. The van der Waals surface area contributed by atoms with Crippen LogP contribution in [0.2, 0.25) is 0 Å². The molecule has 106 valence electrons. The van der Waals surface area contributed by atoms with Gasteiger partial charge in [0.15, 0.2) is 0 Å². The fourth-order valence-electron chi connectivity index (χ4n) is 2.19. The Bertz CT molecular complexity index is 571. The largest absolute Gasteiger partial charge is 0.492 e. The van der Waals surface area contributed by atoms with E-state index in [1.807, 2.05) is 0 Å². The van der Waals surface area contributed by atoms with Crippen LogP contribution in [0.3, 0.4) is 0 Å². The van der Waals surface area contributed by atoms with E-state index in [4.69, 9.17) is 15.4 Å². The van der Waals surface area contributed by atoms with Gasteiger partial charge in [-0.25, -0.2) is 12.8 Å². The normalized spacial score (nSPS) is 16.8. The van der Waals surface area contributed by atoms with Crippen LogP contribution in [0.4, 0.5) is 4.39 Å². The van der Waals surface area contributed by atoms with Crippen LogP contribution in [-0.2, 0) is 9.05 Å². The molecular formula is C12H13BrClFO3S. The molecule has 0 saturated heterocycles. The van der Waals surface area contributed by atoms with Crippen LogP contribution in [0.15, 0.2) is 21.5 Å². The minimum Gasteiger partial charge on any atom is -0.492 e. The second-order valence-corrected chi connectivity index (χ2v) is 8.00. The molecule has 1 aliphatic rings. The zero-order chi connectivity index (χ0) is 14.0. The number of ether oxygens (including phenoxy) is 1. The van der Waals surface area contributed by atoms with Crippen molar-refractivity contribution in [2.45, 2.75) is 30.6 Å². The van der Waals surface area contributed by atoms with Crippen LogP contribution in [0.1, 0.15) is 25.7 Å². The number of benzene rings is 1. The molecule has 0 atom stereocenters. The van der Waals surface area contributed by atoms with Gasteiger partial charge in [0.1, 0.15) is 16.5 Å². The minimum atomic E-state index is -4.09. The Labute approximate surface area is 124 Å². The van der Waals surface area contributed by atoms with Gasteiger partial charge < -0.3 is 4.74 Å². The van der Waals surface area contributed by atoms with E-state index in [1.54, 1.807) is 0 Å². The average molecular weight is 372 g/mol. The summed E-state index contributed by atoms with van der Waals surface area (Å²) in [5, 5.41) is 0. The van der Waals surface area contributed by atoms with Crippen molar-refractivity contribution < 1.29 is 17.5 Å². The summed E-state index contributed by atoms with van der Waals surface area (Å²) in [5.41, 5.74) is 0. The summed E-state index contributed by atoms with van der Waals surface area (Å²) in [6.45, 7) is 0.519. The SMILES string of the molecule is O=S(=O)(Cl)c1cc(Br)c(OCC2CCCC2)cc1F. The monoisotopic (exact) mass is 370 g/mol. The quantitative estimate of drug-likeness (QED) is 0.749. The zero-order valence-corrected chi connectivity index (χ0v) is 13.2. The molecule has 1 aromatic rings. The van der Waals surface area contributed by atoms with E-state index < -0.39 is 19.8 Å². The molecule has 3 nitrogen and oxygen atoms in total. The lowest BCUT2D eigenvalue weighted by Gasteiger charge is -2.13. The maximum atomic E-state index is 13.7. The Kier molecular flexibility index (Phi) is 4.74. The van der Waals surface area contributed by atoms with Crippen LogP contribution >= 0.6 is 26.6 Å². The summed E-state index contributed by atoms with van der Waals surface area (Å²) in [4.78, 5) is -0.547. The molecule has 0 radical (unpaired) electrons. The van der Waals surface area contributed by atoms with Crippen molar-refractivity contribution in [2.75, 3.05) is 6.61 Å². The van der Waals surface area contributed by atoms with E-state index in [9.17, 15) is 12.8 Å². The number of rotatable bonds is 4. The van der Waals surface area contributed by atoms with Crippen molar-refractivity contribution in [3.8, 4) is 5.75 Å². The third-order valence-corrected chi connectivity index (χ3v) is 5.16. The van der Waals surface area contributed by atoms with Crippen molar-refractivity contribution >= 4 is 35.7 Å². The fourth-order valence-corrected chi connectivity index (χ4v) is 3.71. The van der Waals surface area contributed by atoms with Gasteiger partial charge in [0.25, 0.3) is 9.05 Å². The van der Waals surface area contributed by atoms with Crippen LogP contribution < -0.4 is 4.74 Å². The summed E-state index contributed by atoms with van der Waals surface area (Å²) in [6.07, 6.45) is 4.64. The first-order valence-corrected chi connectivity index (χ1v) is 9.04. The highest BCUT2D eigenvalue weighted by Crippen LogP contribution is 2.33. The number of halogens is 3. The summed E-state index contributed by atoms with van der Waals surface area (Å²) in [6, 6.07) is 2.18. The maximum absolute atomic E-state index is 13.7. The van der Waals surface area contributed by atoms with Crippen molar-refractivity contribution in [3.05, 3.63) is 22.4 Å². The summed E-state index contributed by atoms with van der Waals surface area (Å²) < 4.78 is 41.9. The first kappa shape index (κ1) is 15.1. The predicted molar refractivity (Wildman–Crippen MR) is 74.6 cm³/mol. The average Bonchev–Trinajstić information content (AvgIpc) is 2.81. The van der Waals surface area contributed by atoms with Gasteiger partial charge in [-0.1, -0.05) is 12.8 Å². The molecule has 2 rings (SSSR count). The Balaban J connectivity index is 2.16. The second kappa shape index (κ2) is 5.97. The van der Waals surface area contributed by atoms with E-state index in [2.05, 4.69) is 15.9 Å². The standard InChI is InChI=1S/C12H13BrClFO3S/c13-9-5-12(19(14,16)17)10(15)6-11(9)18-7-8-3-1-2-4-8/h5-6,8H,1-4,7H2. The molecule has 1 fully saturated rings. The minimum absolute atomic E-state index is 0.300. The van der Waals surface area contributed by atoms with Gasteiger partial charge in [-0.05, 0) is 40.8 Å². The molecule has 19 heavy (non-hydrogen) atoms. The van der Waals surface area contributed by atoms with E-state index in [0.717, 1.165) is 25.0 Å². The molecule has 1 saturated carbocycles. The van der Waals surface area contributed by atoms with Gasteiger partial charge in [-0.3, -0.25) is 0 Å². The van der Waals surface area contributed by atoms with Crippen molar-refractivity contribution in [3.63, 3.8) is 0 Å². The number of hydrogen-bond acceptors (Lipinski definition) is 3. The Hall–Kier alpha value is -0.330. The van der Waals surface area contributed by atoms with Crippen LogP contribution in [0.5, 0.6) is 5.75 Å². The molecule has 7 heteroatoms. The Morgan fingerprint density at radius 3 is 2.58 bits per heavy atom. The Morgan fingerprint density at radius 2 is 2.00 bits per heavy atom. The van der Waals surface area contributed by atoms with Gasteiger partial charge in [-0.2, -0.15) is 0 Å². The van der Waals surface area contributed by atoms with Crippen LogP contribution in [-0.4, -0.2) is 15.0 Å². The first-order chi connectivity index (χ1) is 8.88. The van der Waals surface area contributed by atoms with Crippen LogP contribution in [0.25, 0.3) is 0 Å². The molecule has 0 N–H and O–H groups in total. The lowest BCUT2D eigenvalue weighted by Crippen LogP contribution is -2.09. The Morgan fingerprint density at radius 1 is 1.37 bits per heavy atom. The summed E-state index contributed by atoms with van der Waals surface area (Å²) >= 11 is 3.17. The van der Waals surface area contributed by atoms with E-state index in [1.165, 1.54) is 12.8 Å². The third-order valence-electron chi connectivity index (χ3n) is 3.20. The molecule has 0 spiro atoms. The summed E-state index contributed by atoms with van der Waals surface area (Å²) in [7, 11) is 1.05. The molecule has 0 amide bonds. The van der Waals surface area contributed by atoms with E-state index in [0.29, 0.717) is 22.7 Å². The lowest BCUT2D eigenvalue weighted by molar-refractivity contribution is 0.249. The van der Waals surface area contributed by atoms with Gasteiger partial charge in [0.2, 0.25) is 0 Å². The predicted octanol–water partition coefficient (Wildman–Crippen LogP) is 4.08. The maximum Gasteiger partial charge on any atom is 0.264 e.